The Morgan fingerprint density at radius 1 is 1.12 bits per heavy atom. The van der Waals surface area contributed by atoms with Crippen molar-refractivity contribution in [2.45, 2.75) is 58.5 Å². The summed E-state index contributed by atoms with van der Waals surface area (Å²) in [6.07, 6.45) is 5.58. The average Bonchev–Trinajstić information content (AvgIpc) is 2.29. The van der Waals surface area contributed by atoms with E-state index >= 15 is 0 Å². The molecule has 0 bridgehead atoms. The topological polar surface area (TPSA) is 29.5 Å². The first-order chi connectivity index (χ1) is 8.04. The predicted octanol–water partition coefficient (Wildman–Crippen LogP) is 3.24. The van der Waals surface area contributed by atoms with Gasteiger partial charge in [0.1, 0.15) is 0 Å². The standard InChI is InChI=1S/C15H28O2/c1-11(2)14-5-4-12(3)10-15(14,16)13-6-8-17-9-7-13/h11-14,16H,4-10H2,1-3H3. The molecule has 1 N–H and O–H groups in total. The zero-order valence-corrected chi connectivity index (χ0v) is 11.6. The highest BCUT2D eigenvalue weighted by molar-refractivity contribution is 4.98. The lowest BCUT2D eigenvalue weighted by Crippen LogP contribution is -2.52. The van der Waals surface area contributed by atoms with Gasteiger partial charge in [0.15, 0.2) is 0 Å². The van der Waals surface area contributed by atoms with E-state index in [-0.39, 0.29) is 0 Å². The molecule has 0 aromatic rings. The Kier molecular flexibility index (Phi) is 4.14. The van der Waals surface area contributed by atoms with Gasteiger partial charge in [-0.15, -0.1) is 0 Å². The number of ether oxygens (including phenoxy) is 1. The Balaban J connectivity index is 2.15. The second kappa shape index (κ2) is 5.27. The zero-order valence-electron chi connectivity index (χ0n) is 11.6. The Hall–Kier alpha value is -0.0800. The van der Waals surface area contributed by atoms with Crippen molar-refractivity contribution in [1.82, 2.24) is 0 Å². The van der Waals surface area contributed by atoms with Gasteiger partial charge in [-0.1, -0.05) is 27.2 Å². The van der Waals surface area contributed by atoms with Gasteiger partial charge in [-0.3, -0.25) is 0 Å². The van der Waals surface area contributed by atoms with E-state index in [1.165, 1.54) is 12.8 Å². The highest BCUT2D eigenvalue weighted by atomic mass is 16.5. The summed E-state index contributed by atoms with van der Waals surface area (Å²) in [5.74, 6) is 2.22. The van der Waals surface area contributed by atoms with Crippen LogP contribution in [0.5, 0.6) is 0 Å². The molecule has 0 amide bonds. The maximum Gasteiger partial charge on any atom is 0.0710 e. The van der Waals surface area contributed by atoms with Crippen LogP contribution in [0.25, 0.3) is 0 Å². The Labute approximate surface area is 106 Å². The minimum absolute atomic E-state index is 0.421. The highest BCUT2D eigenvalue weighted by Gasteiger charge is 2.47. The molecule has 0 aromatic carbocycles. The molecule has 2 rings (SSSR count). The summed E-state index contributed by atoms with van der Waals surface area (Å²) in [5, 5.41) is 11.2. The fourth-order valence-electron chi connectivity index (χ4n) is 4.10. The summed E-state index contributed by atoms with van der Waals surface area (Å²) >= 11 is 0. The summed E-state index contributed by atoms with van der Waals surface area (Å²) in [6.45, 7) is 8.51. The van der Waals surface area contributed by atoms with Crippen LogP contribution in [0.15, 0.2) is 0 Å². The molecule has 1 saturated heterocycles. The van der Waals surface area contributed by atoms with Crippen molar-refractivity contribution in [2.75, 3.05) is 13.2 Å². The highest BCUT2D eigenvalue weighted by Crippen LogP contribution is 2.47. The lowest BCUT2D eigenvalue weighted by molar-refractivity contribution is -0.143. The predicted molar refractivity (Wildman–Crippen MR) is 69.8 cm³/mol. The maximum atomic E-state index is 11.2. The number of rotatable bonds is 2. The first kappa shape index (κ1) is 13.4. The van der Waals surface area contributed by atoms with Crippen molar-refractivity contribution in [3.63, 3.8) is 0 Å². The average molecular weight is 240 g/mol. The largest absolute Gasteiger partial charge is 0.389 e. The van der Waals surface area contributed by atoms with Crippen LogP contribution in [0.4, 0.5) is 0 Å². The zero-order chi connectivity index (χ0) is 12.5. The first-order valence-corrected chi connectivity index (χ1v) is 7.34. The molecule has 2 aliphatic rings. The van der Waals surface area contributed by atoms with Crippen LogP contribution in [-0.4, -0.2) is 23.9 Å². The van der Waals surface area contributed by atoms with Crippen LogP contribution in [-0.2, 0) is 4.74 Å². The van der Waals surface area contributed by atoms with Gasteiger partial charge >= 0.3 is 0 Å². The van der Waals surface area contributed by atoms with E-state index < -0.39 is 5.60 Å². The summed E-state index contributed by atoms with van der Waals surface area (Å²) in [4.78, 5) is 0. The summed E-state index contributed by atoms with van der Waals surface area (Å²) in [5.41, 5.74) is -0.421. The van der Waals surface area contributed by atoms with Crippen LogP contribution in [0.1, 0.15) is 52.9 Å². The molecular weight excluding hydrogens is 212 g/mol. The molecule has 2 heteroatoms. The third-order valence-electron chi connectivity index (χ3n) is 5.02. The molecular formula is C15H28O2. The SMILES string of the molecule is CC1CCC(C(C)C)C(O)(C2CCOCC2)C1. The van der Waals surface area contributed by atoms with Gasteiger partial charge in [0.05, 0.1) is 5.60 Å². The summed E-state index contributed by atoms with van der Waals surface area (Å²) in [7, 11) is 0. The van der Waals surface area contributed by atoms with E-state index in [4.69, 9.17) is 4.74 Å². The lowest BCUT2D eigenvalue weighted by Gasteiger charge is -2.50. The van der Waals surface area contributed by atoms with Crippen molar-refractivity contribution in [1.29, 1.82) is 0 Å². The van der Waals surface area contributed by atoms with Gasteiger partial charge in [-0.05, 0) is 49.4 Å². The third kappa shape index (κ3) is 2.68. The van der Waals surface area contributed by atoms with Crippen LogP contribution in [0.2, 0.25) is 0 Å². The van der Waals surface area contributed by atoms with E-state index in [2.05, 4.69) is 20.8 Å². The Bertz CT molecular complexity index is 245. The van der Waals surface area contributed by atoms with Crippen molar-refractivity contribution in [3.8, 4) is 0 Å². The first-order valence-electron chi connectivity index (χ1n) is 7.34. The number of aliphatic hydroxyl groups is 1. The normalized spacial score (nSPS) is 40.8. The minimum atomic E-state index is -0.421. The second-order valence-corrected chi connectivity index (χ2v) is 6.62. The van der Waals surface area contributed by atoms with Crippen LogP contribution in [0, 0.1) is 23.7 Å². The van der Waals surface area contributed by atoms with Gasteiger partial charge in [0.25, 0.3) is 0 Å². The molecule has 1 saturated carbocycles. The second-order valence-electron chi connectivity index (χ2n) is 6.62. The van der Waals surface area contributed by atoms with E-state index in [0.717, 1.165) is 32.5 Å². The Morgan fingerprint density at radius 3 is 2.35 bits per heavy atom. The lowest BCUT2D eigenvalue weighted by atomic mass is 9.60. The smallest absolute Gasteiger partial charge is 0.0710 e. The Morgan fingerprint density at radius 2 is 1.76 bits per heavy atom. The monoisotopic (exact) mass is 240 g/mol. The molecule has 0 aromatic heterocycles. The van der Waals surface area contributed by atoms with Crippen LogP contribution >= 0.6 is 0 Å². The van der Waals surface area contributed by atoms with Gasteiger partial charge in [0, 0.05) is 13.2 Å². The van der Waals surface area contributed by atoms with Crippen LogP contribution < -0.4 is 0 Å². The number of hydrogen-bond acceptors (Lipinski definition) is 2. The fraction of sp³-hybridized carbons (Fsp3) is 1.00. The van der Waals surface area contributed by atoms with Gasteiger partial charge < -0.3 is 9.84 Å². The van der Waals surface area contributed by atoms with Crippen molar-refractivity contribution in [3.05, 3.63) is 0 Å². The minimum Gasteiger partial charge on any atom is -0.389 e. The maximum absolute atomic E-state index is 11.2. The number of hydrogen-bond donors (Lipinski definition) is 1. The third-order valence-corrected chi connectivity index (χ3v) is 5.02. The quantitative estimate of drug-likeness (QED) is 0.803. The van der Waals surface area contributed by atoms with Crippen molar-refractivity contribution < 1.29 is 9.84 Å². The van der Waals surface area contributed by atoms with E-state index in [9.17, 15) is 5.11 Å². The molecule has 100 valence electrons. The molecule has 0 spiro atoms. The molecule has 3 unspecified atom stereocenters. The van der Waals surface area contributed by atoms with E-state index in [1.807, 2.05) is 0 Å². The molecule has 3 atom stereocenters. The van der Waals surface area contributed by atoms with Gasteiger partial charge in [0.2, 0.25) is 0 Å². The van der Waals surface area contributed by atoms with Crippen molar-refractivity contribution in [2.24, 2.45) is 23.7 Å². The van der Waals surface area contributed by atoms with E-state index in [0.29, 0.717) is 23.7 Å². The van der Waals surface area contributed by atoms with Crippen LogP contribution in [0.3, 0.4) is 0 Å². The molecule has 2 nitrogen and oxygen atoms in total. The molecule has 0 radical (unpaired) electrons. The molecule has 1 aliphatic carbocycles. The molecule has 17 heavy (non-hydrogen) atoms. The van der Waals surface area contributed by atoms with E-state index in [1.54, 1.807) is 0 Å². The van der Waals surface area contributed by atoms with Gasteiger partial charge in [-0.25, -0.2) is 0 Å². The molecule has 1 aliphatic heterocycles. The fourth-order valence-corrected chi connectivity index (χ4v) is 4.10. The van der Waals surface area contributed by atoms with Crippen molar-refractivity contribution >= 4 is 0 Å². The molecule has 1 heterocycles. The summed E-state index contributed by atoms with van der Waals surface area (Å²) in [6, 6.07) is 0. The van der Waals surface area contributed by atoms with Gasteiger partial charge in [-0.2, -0.15) is 0 Å². The molecule has 2 fully saturated rings. The summed E-state index contributed by atoms with van der Waals surface area (Å²) < 4.78 is 5.45.